The van der Waals surface area contributed by atoms with E-state index in [1.165, 1.54) is 7.11 Å². The molecule has 6 nitrogen and oxygen atoms in total. The van der Waals surface area contributed by atoms with E-state index in [9.17, 15) is 12.8 Å². The average Bonchev–Trinajstić information content (AvgIpc) is 2.79. The van der Waals surface area contributed by atoms with Crippen molar-refractivity contribution >= 4 is 21.2 Å². The summed E-state index contributed by atoms with van der Waals surface area (Å²) in [6.45, 7) is 3.12. The number of hydrogen-bond acceptors (Lipinski definition) is 6. The molecule has 0 spiro atoms. The van der Waals surface area contributed by atoms with Gasteiger partial charge in [-0.2, -0.15) is 0 Å². The number of anilines is 2. The van der Waals surface area contributed by atoms with Gasteiger partial charge in [-0.1, -0.05) is 37.3 Å². The van der Waals surface area contributed by atoms with Gasteiger partial charge in [0.15, 0.2) is 21.4 Å². The summed E-state index contributed by atoms with van der Waals surface area (Å²) in [4.78, 5) is 0.341. The maximum Gasteiger partial charge on any atom is 0.178 e. The van der Waals surface area contributed by atoms with E-state index in [0.29, 0.717) is 29.2 Å². The van der Waals surface area contributed by atoms with E-state index in [1.54, 1.807) is 37.3 Å². The Bertz CT molecular complexity index is 1170. The third kappa shape index (κ3) is 5.77. The van der Waals surface area contributed by atoms with Crippen LogP contribution in [0.3, 0.4) is 0 Å². The fraction of sp³-hybridized carbons (Fsp3) is 0.250. The summed E-state index contributed by atoms with van der Waals surface area (Å²) in [5.74, 6) is -0.0896. The highest BCUT2D eigenvalue weighted by atomic mass is 32.2. The van der Waals surface area contributed by atoms with Crippen molar-refractivity contribution in [3.05, 3.63) is 83.2 Å². The zero-order valence-corrected chi connectivity index (χ0v) is 19.0. The van der Waals surface area contributed by atoms with Gasteiger partial charge in [0.05, 0.1) is 29.1 Å². The lowest BCUT2D eigenvalue weighted by Crippen LogP contribution is -2.13. The number of nitrogen functional groups attached to an aromatic ring is 1. The van der Waals surface area contributed by atoms with Crippen LogP contribution in [0.15, 0.2) is 65.6 Å². The van der Waals surface area contributed by atoms with Gasteiger partial charge in [0, 0.05) is 25.2 Å². The SMILES string of the molecule is CCS(=O)(=O)c1ccc(CNCc2ccc(NCc3cccc(OC)c3F)c(N)c2)cc1. The van der Waals surface area contributed by atoms with E-state index in [-0.39, 0.29) is 23.9 Å². The first-order chi connectivity index (χ1) is 15.3. The second kappa shape index (κ2) is 10.5. The molecule has 0 saturated heterocycles. The van der Waals surface area contributed by atoms with Crippen molar-refractivity contribution in [2.24, 2.45) is 0 Å². The minimum Gasteiger partial charge on any atom is -0.494 e. The van der Waals surface area contributed by atoms with Crippen molar-refractivity contribution < 1.29 is 17.5 Å². The van der Waals surface area contributed by atoms with Crippen LogP contribution in [0.25, 0.3) is 0 Å². The van der Waals surface area contributed by atoms with E-state index >= 15 is 0 Å². The van der Waals surface area contributed by atoms with E-state index in [1.807, 2.05) is 30.3 Å². The molecule has 0 amide bonds. The Kier molecular flexibility index (Phi) is 7.71. The van der Waals surface area contributed by atoms with Crippen molar-refractivity contribution in [1.82, 2.24) is 5.32 Å². The van der Waals surface area contributed by atoms with Gasteiger partial charge in [-0.25, -0.2) is 12.8 Å². The van der Waals surface area contributed by atoms with Crippen LogP contribution >= 0.6 is 0 Å². The summed E-state index contributed by atoms with van der Waals surface area (Å²) >= 11 is 0. The highest BCUT2D eigenvalue weighted by Gasteiger charge is 2.11. The average molecular weight is 458 g/mol. The Hall–Kier alpha value is -3.10. The molecule has 3 aromatic carbocycles. The molecule has 0 aliphatic carbocycles. The van der Waals surface area contributed by atoms with Gasteiger partial charge in [-0.3, -0.25) is 0 Å². The van der Waals surface area contributed by atoms with E-state index in [4.69, 9.17) is 10.5 Å². The molecule has 170 valence electrons. The van der Waals surface area contributed by atoms with Crippen molar-refractivity contribution in [3.8, 4) is 5.75 Å². The number of ether oxygens (including phenoxy) is 1. The van der Waals surface area contributed by atoms with E-state index in [0.717, 1.165) is 16.8 Å². The van der Waals surface area contributed by atoms with Crippen LogP contribution in [0, 0.1) is 5.82 Å². The number of nitrogens with one attached hydrogen (secondary N) is 2. The van der Waals surface area contributed by atoms with Crippen molar-refractivity contribution in [2.75, 3.05) is 23.9 Å². The van der Waals surface area contributed by atoms with Gasteiger partial charge in [-0.05, 0) is 41.5 Å². The van der Waals surface area contributed by atoms with Crippen LogP contribution in [0.5, 0.6) is 5.75 Å². The molecular weight excluding hydrogens is 429 g/mol. The van der Waals surface area contributed by atoms with Gasteiger partial charge in [0.25, 0.3) is 0 Å². The Morgan fingerprint density at radius 3 is 2.31 bits per heavy atom. The molecule has 0 heterocycles. The molecule has 0 aliphatic heterocycles. The highest BCUT2D eigenvalue weighted by Crippen LogP contribution is 2.24. The lowest BCUT2D eigenvalue weighted by Gasteiger charge is -2.13. The first kappa shape index (κ1) is 23.6. The number of benzene rings is 3. The summed E-state index contributed by atoms with van der Waals surface area (Å²) in [5.41, 5.74) is 9.95. The number of hydrogen-bond donors (Lipinski definition) is 3. The number of methoxy groups -OCH3 is 1. The van der Waals surface area contributed by atoms with Crippen LogP contribution < -0.4 is 21.1 Å². The Morgan fingerprint density at radius 1 is 0.969 bits per heavy atom. The normalized spacial score (nSPS) is 11.3. The number of halogens is 1. The smallest absolute Gasteiger partial charge is 0.178 e. The van der Waals surface area contributed by atoms with Crippen molar-refractivity contribution in [3.63, 3.8) is 0 Å². The highest BCUT2D eigenvalue weighted by molar-refractivity contribution is 7.91. The number of sulfone groups is 1. The maximum absolute atomic E-state index is 14.3. The molecule has 0 aliphatic rings. The molecular formula is C24H28FN3O3S. The Labute approximate surface area is 188 Å². The quantitative estimate of drug-likeness (QED) is 0.397. The fourth-order valence-electron chi connectivity index (χ4n) is 3.26. The number of nitrogens with two attached hydrogens (primary N) is 1. The molecule has 0 bridgehead atoms. The molecule has 0 radical (unpaired) electrons. The van der Waals surface area contributed by atoms with Crippen molar-refractivity contribution in [2.45, 2.75) is 31.5 Å². The molecule has 8 heteroatoms. The lowest BCUT2D eigenvalue weighted by molar-refractivity contribution is 0.384. The van der Waals surface area contributed by atoms with Gasteiger partial charge in [-0.15, -0.1) is 0 Å². The van der Waals surface area contributed by atoms with Crippen LogP contribution in [0.2, 0.25) is 0 Å². The molecule has 3 aromatic rings. The second-order valence-electron chi connectivity index (χ2n) is 7.36. The summed E-state index contributed by atoms with van der Waals surface area (Å²) in [6.07, 6.45) is 0. The summed E-state index contributed by atoms with van der Waals surface area (Å²) in [5, 5.41) is 6.49. The summed E-state index contributed by atoms with van der Waals surface area (Å²) in [7, 11) is -1.75. The van der Waals surface area contributed by atoms with Crippen LogP contribution in [0.1, 0.15) is 23.6 Å². The molecule has 3 rings (SSSR count). The zero-order valence-electron chi connectivity index (χ0n) is 18.2. The molecule has 4 N–H and O–H groups in total. The van der Waals surface area contributed by atoms with Crippen LogP contribution in [-0.4, -0.2) is 21.3 Å². The van der Waals surface area contributed by atoms with Crippen LogP contribution in [-0.2, 0) is 29.5 Å². The Balaban J connectivity index is 1.54. The zero-order chi connectivity index (χ0) is 23.1. The van der Waals surface area contributed by atoms with Crippen molar-refractivity contribution in [1.29, 1.82) is 0 Å². The van der Waals surface area contributed by atoms with Gasteiger partial charge in [0.2, 0.25) is 0 Å². The van der Waals surface area contributed by atoms with E-state index in [2.05, 4.69) is 10.6 Å². The monoisotopic (exact) mass is 457 g/mol. The number of rotatable bonds is 10. The summed E-state index contributed by atoms with van der Waals surface area (Å²) < 4.78 is 43.1. The molecule has 32 heavy (non-hydrogen) atoms. The van der Waals surface area contributed by atoms with Gasteiger partial charge >= 0.3 is 0 Å². The third-order valence-corrected chi connectivity index (χ3v) is 6.92. The van der Waals surface area contributed by atoms with Crippen LogP contribution in [0.4, 0.5) is 15.8 Å². The molecule has 0 aromatic heterocycles. The molecule has 0 unspecified atom stereocenters. The molecule has 0 atom stereocenters. The van der Waals surface area contributed by atoms with Gasteiger partial charge in [0.1, 0.15) is 0 Å². The largest absolute Gasteiger partial charge is 0.494 e. The van der Waals surface area contributed by atoms with E-state index < -0.39 is 9.84 Å². The standard InChI is InChI=1S/C24H28FN3O3S/c1-3-32(29,30)20-10-7-17(8-11-20)14-27-15-18-9-12-22(21(26)13-18)28-16-19-5-4-6-23(31-2)24(19)25/h4-13,27-28H,3,14-16,26H2,1-2H3. The third-order valence-electron chi connectivity index (χ3n) is 5.17. The molecule has 0 fully saturated rings. The first-order valence-electron chi connectivity index (χ1n) is 10.3. The minimum absolute atomic E-state index is 0.0886. The summed E-state index contributed by atoms with van der Waals surface area (Å²) in [6, 6.07) is 17.6. The maximum atomic E-state index is 14.3. The van der Waals surface area contributed by atoms with Gasteiger partial charge < -0.3 is 21.1 Å². The topological polar surface area (TPSA) is 93.5 Å². The first-order valence-corrected chi connectivity index (χ1v) is 12.0. The lowest BCUT2D eigenvalue weighted by atomic mass is 10.1. The Morgan fingerprint density at radius 2 is 1.66 bits per heavy atom. The minimum atomic E-state index is -3.18. The predicted octanol–water partition coefficient (Wildman–Crippen LogP) is 4.11. The fourth-order valence-corrected chi connectivity index (χ4v) is 4.14. The molecule has 0 saturated carbocycles. The predicted molar refractivity (Wildman–Crippen MR) is 126 cm³/mol. The second-order valence-corrected chi connectivity index (χ2v) is 9.64.